The molecular weight excluding hydrogens is 226 g/mol. The number of hydrogen-bond acceptors (Lipinski definition) is 0. The number of hydrogen-bond donors (Lipinski definition) is 0. The summed E-state index contributed by atoms with van der Waals surface area (Å²) >= 11 is 0. The van der Waals surface area contributed by atoms with Crippen molar-refractivity contribution >= 4 is 26.3 Å². The maximum atomic E-state index is 14.3. The van der Waals surface area contributed by atoms with E-state index in [1.54, 1.807) is 0 Å². The van der Waals surface area contributed by atoms with E-state index >= 15 is 0 Å². The van der Waals surface area contributed by atoms with Crippen LogP contribution in [-0.4, -0.2) is 29.6 Å². The third kappa shape index (κ3) is 1.11. The third-order valence-electron chi connectivity index (χ3n) is 4.14. The van der Waals surface area contributed by atoms with Gasteiger partial charge in [0.15, 0.2) is 0 Å². The lowest BCUT2D eigenvalue weighted by Crippen LogP contribution is -2.53. The molecule has 1 fully saturated rings. The van der Waals surface area contributed by atoms with E-state index in [1.807, 2.05) is 0 Å². The Morgan fingerprint density at radius 2 is 1.50 bits per heavy atom. The number of halogens is 3. The predicted molar refractivity (Wildman–Crippen MR) is 62.7 cm³/mol. The fraction of sp³-hybridized carbons (Fsp3) is 1.00. The molecule has 1 aliphatic carbocycles. The molecule has 0 nitrogen and oxygen atoms in total. The lowest BCUT2D eigenvalue weighted by Gasteiger charge is -2.41. The van der Waals surface area contributed by atoms with E-state index in [9.17, 15) is 13.2 Å². The summed E-state index contributed by atoms with van der Waals surface area (Å²) in [4.78, 5) is 0. The molecule has 6 unspecified atom stereocenters. The smallest absolute Gasteiger partial charge is 0.243 e. The SMILES string of the molecule is BC1(P)C(F)(F)C(C)C(C)(F)C1(C)P. The van der Waals surface area contributed by atoms with Gasteiger partial charge >= 0.3 is 0 Å². The van der Waals surface area contributed by atoms with Crippen molar-refractivity contribution < 1.29 is 13.2 Å². The van der Waals surface area contributed by atoms with E-state index in [-0.39, 0.29) is 0 Å². The Labute approximate surface area is 88.6 Å². The second-order valence-electron chi connectivity index (χ2n) is 4.82. The highest BCUT2D eigenvalue weighted by Crippen LogP contribution is 2.65. The molecule has 0 spiro atoms. The van der Waals surface area contributed by atoms with E-state index in [0.717, 1.165) is 0 Å². The molecule has 6 atom stereocenters. The van der Waals surface area contributed by atoms with Gasteiger partial charge in [0.05, 0.1) is 5.92 Å². The van der Waals surface area contributed by atoms with Crippen molar-refractivity contribution in [1.29, 1.82) is 0 Å². The zero-order chi connectivity index (χ0) is 11.6. The lowest BCUT2D eigenvalue weighted by molar-refractivity contribution is -0.0622. The molecule has 6 heteroatoms. The van der Waals surface area contributed by atoms with Gasteiger partial charge in [-0.3, -0.25) is 0 Å². The molecule has 82 valence electrons. The first kappa shape index (κ1) is 12.8. The van der Waals surface area contributed by atoms with Gasteiger partial charge in [-0.15, -0.1) is 18.5 Å². The second kappa shape index (κ2) is 2.89. The molecule has 0 N–H and O–H groups in total. The van der Waals surface area contributed by atoms with E-state index in [0.29, 0.717) is 0 Å². The second-order valence-corrected chi connectivity index (χ2v) is 7.13. The average molecular weight is 242 g/mol. The van der Waals surface area contributed by atoms with Gasteiger partial charge in [-0.25, -0.2) is 13.2 Å². The molecule has 0 bridgehead atoms. The van der Waals surface area contributed by atoms with Crippen molar-refractivity contribution in [3.05, 3.63) is 0 Å². The van der Waals surface area contributed by atoms with E-state index in [4.69, 9.17) is 0 Å². The standard InChI is InChI=1S/C8H16BF3P2/c1-4-5(2,10)6(3,13)8(9,14)7(4,11)12/h4H,9,13-14H2,1-3H3. The van der Waals surface area contributed by atoms with Crippen molar-refractivity contribution in [1.82, 2.24) is 0 Å². The van der Waals surface area contributed by atoms with Crippen LogP contribution in [0.15, 0.2) is 0 Å². The minimum Gasteiger partial charge on any atom is -0.243 e. The lowest BCUT2D eigenvalue weighted by atomic mass is 9.73. The molecular formula is C8H16BF3P2. The van der Waals surface area contributed by atoms with Gasteiger partial charge in [0.2, 0.25) is 0 Å². The van der Waals surface area contributed by atoms with Gasteiger partial charge in [0.1, 0.15) is 13.5 Å². The minimum absolute atomic E-state index is 1.15. The van der Waals surface area contributed by atoms with Crippen molar-refractivity contribution in [3.63, 3.8) is 0 Å². The van der Waals surface area contributed by atoms with E-state index in [1.165, 1.54) is 28.6 Å². The van der Waals surface area contributed by atoms with Crippen LogP contribution < -0.4 is 0 Å². The van der Waals surface area contributed by atoms with Crippen LogP contribution in [0.5, 0.6) is 0 Å². The van der Waals surface area contributed by atoms with Gasteiger partial charge < -0.3 is 0 Å². The molecule has 1 saturated carbocycles. The average Bonchev–Trinajstić information content (AvgIpc) is 2.05. The zero-order valence-electron chi connectivity index (χ0n) is 8.87. The first-order valence-corrected chi connectivity index (χ1v) is 5.70. The summed E-state index contributed by atoms with van der Waals surface area (Å²) in [5, 5.41) is -2.58. The van der Waals surface area contributed by atoms with E-state index < -0.39 is 27.7 Å². The quantitative estimate of drug-likeness (QED) is 0.449. The summed E-state index contributed by atoms with van der Waals surface area (Å²) in [6.45, 7) is 4.06. The highest BCUT2D eigenvalue weighted by atomic mass is 31.0. The molecule has 0 aromatic rings. The normalized spacial score (nSPS) is 57.6. The monoisotopic (exact) mass is 242 g/mol. The van der Waals surface area contributed by atoms with Gasteiger partial charge in [0.25, 0.3) is 5.92 Å². The highest BCUT2D eigenvalue weighted by molar-refractivity contribution is 7.28. The van der Waals surface area contributed by atoms with E-state index in [2.05, 4.69) is 18.5 Å². The Balaban J connectivity index is 3.38. The first-order valence-electron chi connectivity index (χ1n) is 4.55. The third-order valence-corrected chi connectivity index (χ3v) is 6.63. The zero-order valence-corrected chi connectivity index (χ0v) is 11.2. The van der Waals surface area contributed by atoms with Crippen LogP contribution in [0.25, 0.3) is 0 Å². The Morgan fingerprint density at radius 3 is 1.57 bits per heavy atom. The summed E-state index contributed by atoms with van der Waals surface area (Å²) in [5.74, 6) is -4.29. The Morgan fingerprint density at radius 1 is 1.14 bits per heavy atom. The summed E-state index contributed by atoms with van der Waals surface area (Å²) in [6.07, 6.45) is 0. The molecule has 0 radical (unpaired) electrons. The van der Waals surface area contributed by atoms with Crippen LogP contribution in [0.1, 0.15) is 20.8 Å². The van der Waals surface area contributed by atoms with Crippen LogP contribution >= 0.6 is 18.5 Å². The fourth-order valence-electron chi connectivity index (χ4n) is 2.09. The summed E-state index contributed by atoms with van der Waals surface area (Å²) < 4.78 is 41.9. The Hall–Kier alpha value is 0.715. The topological polar surface area (TPSA) is 0 Å². The van der Waals surface area contributed by atoms with Crippen molar-refractivity contribution in [2.75, 3.05) is 0 Å². The molecule has 0 aromatic carbocycles. The molecule has 0 saturated heterocycles. The van der Waals surface area contributed by atoms with Crippen molar-refractivity contribution in [2.45, 2.75) is 42.6 Å². The van der Waals surface area contributed by atoms with Gasteiger partial charge in [0, 0.05) is 10.2 Å². The summed E-state index contributed by atoms with van der Waals surface area (Å²) in [7, 11) is 5.78. The van der Waals surface area contributed by atoms with Crippen LogP contribution in [0.3, 0.4) is 0 Å². The highest BCUT2D eigenvalue weighted by Gasteiger charge is 2.75. The maximum absolute atomic E-state index is 14.3. The number of rotatable bonds is 0. The minimum atomic E-state index is -3.02. The van der Waals surface area contributed by atoms with Crippen LogP contribution in [0.2, 0.25) is 0 Å². The molecule has 0 amide bonds. The number of alkyl halides is 3. The maximum Gasteiger partial charge on any atom is 0.256 e. The predicted octanol–water partition coefficient (Wildman–Crippen LogP) is 1.84. The van der Waals surface area contributed by atoms with Gasteiger partial charge in [-0.05, 0) is 6.92 Å². The summed E-state index contributed by atoms with van der Waals surface area (Å²) in [6, 6.07) is 0. The van der Waals surface area contributed by atoms with Gasteiger partial charge in [-0.1, -0.05) is 13.8 Å². The van der Waals surface area contributed by atoms with Crippen LogP contribution in [-0.2, 0) is 0 Å². The molecule has 0 aliphatic heterocycles. The molecule has 14 heavy (non-hydrogen) atoms. The Bertz CT molecular complexity index is 237. The molecule has 1 rings (SSSR count). The fourth-order valence-corrected chi connectivity index (χ4v) is 3.07. The van der Waals surface area contributed by atoms with Crippen LogP contribution in [0.4, 0.5) is 13.2 Å². The molecule has 1 aliphatic rings. The molecule has 0 heterocycles. The van der Waals surface area contributed by atoms with Crippen molar-refractivity contribution in [3.8, 4) is 0 Å². The molecule has 0 aromatic heterocycles. The van der Waals surface area contributed by atoms with Crippen LogP contribution in [0, 0.1) is 5.92 Å². The Kier molecular flexibility index (Phi) is 2.64. The first-order chi connectivity index (χ1) is 5.90. The van der Waals surface area contributed by atoms with Crippen molar-refractivity contribution in [2.24, 2.45) is 5.92 Å². The summed E-state index contributed by atoms with van der Waals surface area (Å²) in [5.41, 5.74) is -1.89. The largest absolute Gasteiger partial charge is 0.256 e. The van der Waals surface area contributed by atoms with Gasteiger partial charge in [-0.2, -0.15) is 0 Å².